The number of carbonyl (C=O) groups is 1. The van der Waals surface area contributed by atoms with Crippen molar-refractivity contribution in [2.75, 3.05) is 31.7 Å². The first-order chi connectivity index (χ1) is 7.87. The zero-order valence-corrected chi connectivity index (χ0v) is 11.0. The van der Waals surface area contributed by atoms with Crippen molar-refractivity contribution in [2.24, 2.45) is 0 Å². The van der Waals surface area contributed by atoms with Gasteiger partial charge in [-0.3, -0.25) is 4.79 Å². The number of hydrogen-bond donors (Lipinski definition) is 2. The molecule has 1 aliphatic rings. The molecule has 1 saturated heterocycles. The van der Waals surface area contributed by atoms with Gasteiger partial charge >= 0.3 is 0 Å². The summed E-state index contributed by atoms with van der Waals surface area (Å²) in [6.45, 7) is 3.76. The maximum absolute atomic E-state index is 11.6. The molecule has 0 radical (unpaired) electrons. The van der Waals surface area contributed by atoms with E-state index in [2.05, 4.69) is 10.6 Å². The lowest BCUT2D eigenvalue weighted by Gasteiger charge is -2.23. The van der Waals surface area contributed by atoms with Gasteiger partial charge in [-0.1, -0.05) is 0 Å². The summed E-state index contributed by atoms with van der Waals surface area (Å²) in [7, 11) is -3.06. The topological polar surface area (TPSA) is 84.5 Å². The van der Waals surface area contributed by atoms with Gasteiger partial charge in [-0.25, -0.2) is 8.42 Å². The number of rotatable bonds is 5. The number of carbonyl (C=O) groups excluding carboxylic acids is 1. The molecule has 1 fully saturated rings. The maximum Gasteiger partial charge on any atom is 0.222 e. The monoisotopic (exact) mass is 264 g/mol. The molecular weight excluding hydrogens is 244 g/mol. The standard InChI is InChI=1S/C10H20N2O4S/c1-8(7-17(2,14)15)12-10(13)5-9-6-11-3-4-16-9/h8-9,11H,3-7H2,1-2H3,(H,12,13). The van der Waals surface area contributed by atoms with Gasteiger partial charge < -0.3 is 15.4 Å². The van der Waals surface area contributed by atoms with Crippen molar-refractivity contribution in [1.29, 1.82) is 0 Å². The van der Waals surface area contributed by atoms with Crippen molar-refractivity contribution in [3.8, 4) is 0 Å². The Morgan fingerprint density at radius 3 is 2.82 bits per heavy atom. The summed E-state index contributed by atoms with van der Waals surface area (Å²) >= 11 is 0. The van der Waals surface area contributed by atoms with Crippen LogP contribution in [0, 0.1) is 0 Å². The minimum atomic E-state index is -3.06. The van der Waals surface area contributed by atoms with Crippen molar-refractivity contribution in [3.05, 3.63) is 0 Å². The molecular formula is C10H20N2O4S. The molecule has 0 aromatic heterocycles. The molecule has 0 bridgehead atoms. The van der Waals surface area contributed by atoms with E-state index in [0.717, 1.165) is 12.8 Å². The molecule has 0 aromatic carbocycles. The first kappa shape index (κ1) is 14.4. The summed E-state index contributed by atoms with van der Waals surface area (Å²) in [5, 5.41) is 5.79. The minimum Gasteiger partial charge on any atom is -0.375 e. The molecule has 6 nitrogen and oxygen atoms in total. The van der Waals surface area contributed by atoms with Crippen molar-refractivity contribution in [1.82, 2.24) is 10.6 Å². The highest BCUT2D eigenvalue weighted by atomic mass is 32.2. The van der Waals surface area contributed by atoms with Crippen molar-refractivity contribution in [2.45, 2.75) is 25.5 Å². The first-order valence-corrected chi connectivity index (χ1v) is 7.72. The number of hydrogen-bond acceptors (Lipinski definition) is 5. The van der Waals surface area contributed by atoms with E-state index in [1.165, 1.54) is 0 Å². The van der Waals surface area contributed by atoms with Gasteiger partial charge in [0.25, 0.3) is 0 Å². The molecule has 1 heterocycles. The summed E-state index contributed by atoms with van der Waals surface area (Å²) < 4.78 is 27.4. The molecule has 0 aromatic rings. The SMILES string of the molecule is CC(CS(C)(=O)=O)NC(=O)CC1CNCCO1. The van der Waals surface area contributed by atoms with E-state index in [9.17, 15) is 13.2 Å². The Bertz CT molecular complexity index is 349. The lowest BCUT2D eigenvalue weighted by molar-refractivity contribution is -0.124. The Labute approximate surface area is 102 Å². The van der Waals surface area contributed by atoms with Gasteiger partial charge in [0.2, 0.25) is 5.91 Å². The molecule has 1 amide bonds. The summed E-state index contributed by atoms with van der Waals surface area (Å²) in [6.07, 6.45) is 1.31. The maximum atomic E-state index is 11.6. The van der Waals surface area contributed by atoms with Gasteiger partial charge in [-0.15, -0.1) is 0 Å². The van der Waals surface area contributed by atoms with Gasteiger partial charge in [-0.2, -0.15) is 0 Å². The fourth-order valence-electron chi connectivity index (χ4n) is 1.79. The largest absolute Gasteiger partial charge is 0.375 e. The lowest BCUT2D eigenvalue weighted by Crippen LogP contribution is -2.44. The summed E-state index contributed by atoms with van der Waals surface area (Å²) in [5.41, 5.74) is 0. The van der Waals surface area contributed by atoms with Crippen LogP contribution in [0.1, 0.15) is 13.3 Å². The first-order valence-electron chi connectivity index (χ1n) is 5.66. The zero-order chi connectivity index (χ0) is 12.9. The van der Waals surface area contributed by atoms with Crippen LogP contribution < -0.4 is 10.6 Å². The van der Waals surface area contributed by atoms with E-state index in [-0.39, 0.29) is 30.2 Å². The zero-order valence-electron chi connectivity index (χ0n) is 10.2. The quantitative estimate of drug-likeness (QED) is 0.659. The summed E-state index contributed by atoms with van der Waals surface area (Å²) in [5.74, 6) is -0.211. The van der Waals surface area contributed by atoms with E-state index < -0.39 is 9.84 Å². The Morgan fingerprint density at radius 1 is 1.59 bits per heavy atom. The second-order valence-electron chi connectivity index (χ2n) is 4.46. The van der Waals surface area contributed by atoms with Crippen LogP contribution in [0.4, 0.5) is 0 Å². The number of morpholine rings is 1. The van der Waals surface area contributed by atoms with E-state index in [1.54, 1.807) is 6.92 Å². The molecule has 1 rings (SSSR count). The van der Waals surface area contributed by atoms with Gasteiger partial charge in [0.1, 0.15) is 9.84 Å². The van der Waals surface area contributed by atoms with Gasteiger partial charge in [0, 0.05) is 25.4 Å². The van der Waals surface area contributed by atoms with Crippen molar-refractivity contribution in [3.63, 3.8) is 0 Å². The molecule has 0 spiro atoms. The second-order valence-corrected chi connectivity index (χ2v) is 6.65. The number of sulfone groups is 1. The normalized spacial score (nSPS) is 23.1. The van der Waals surface area contributed by atoms with E-state index >= 15 is 0 Å². The van der Waals surface area contributed by atoms with Crippen LogP contribution in [0.2, 0.25) is 0 Å². The number of ether oxygens (including phenoxy) is 1. The third-order valence-electron chi connectivity index (χ3n) is 2.38. The highest BCUT2D eigenvalue weighted by molar-refractivity contribution is 7.90. The Morgan fingerprint density at radius 2 is 2.29 bits per heavy atom. The van der Waals surface area contributed by atoms with E-state index in [4.69, 9.17) is 4.74 Å². The lowest BCUT2D eigenvalue weighted by atomic mass is 10.2. The highest BCUT2D eigenvalue weighted by Crippen LogP contribution is 2.02. The number of nitrogens with one attached hydrogen (secondary N) is 2. The van der Waals surface area contributed by atoms with Crippen LogP contribution in [-0.4, -0.2) is 58.2 Å². The average Bonchev–Trinajstić information content (AvgIpc) is 2.15. The van der Waals surface area contributed by atoms with Gasteiger partial charge in [0.15, 0.2) is 0 Å². The van der Waals surface area contributed by atoms with Crippen LogP contribution in [0.25, 0.3) is 0 Å². The smallest absolute Gasteiger partial charge is 0.222 e. The Kier molecular flexibility index (Phi) is 5.35. The van der Waals surface area contributed by atoms with Gasteiger partial charge in [-0.05, 0) is 6.92 Å². The fraction of sp³-hybridized carbons (Fsp3) is 0.900. The number of amides is 1. The minimum absolute atomic E-state index is 0.0392. The summed E-state index contributed by atoms with van der Waals surface area (Å²) in [4.78, 5) is 11.6. The molecule has 17 heavy (non-hydrogen) atoms. The summed E-state index contributed by atoms with van der Waals surface area (Å²) in [6, 6.07) is -0.367. The Hall–Kier alpha value is -0.660. The molecule has 1 aliphatic heterocycles. The van der Waals surface area contributed by atoms with Crippen LogP contribution in [0.3, 0.4) is 0 Å². The predicted octanol–water partition coefficient (Wildman–Crippen LogP) is -1.09. The van der Waals surface area contributed by atoms with Gasteiger partial charge in [0.05, 0.1) is 24.9 Å². The third kappa shape index (κ3) is 6.60. The van der Waals surface area contributed by atoms with Crippen molar-refractivity contribution < 1.29 is 17.9 Å². The van der Waals surface area contributed by atoms with Crippen molar-refractivity contribution >= 4 is 15.7 Å². The van der Waals surface area contributed by atoms with Crippen LogP contribution in [0.5, 0.6) is 0 Å². The fourth-order valence-corrected chi connectivity index (χ4v) is 2.78. The van der Waals surface area contributed by atoms with Crippen LogP contribution in [0.15, 0.2) is 0 Å². The molecule has 100 valence electrons. The molecule has 7 heteroatoms. The second kappa shape index (κ2) is 6.32. The molecule has 2 unspecified atom stereocenters. The average molecular weight is 264 g/mol. The predicted molar refractivity (Wildman–Crippen MR) is 64.5 cm³/mol. The van der Waals surface area contributed by atoms with Crippen LogP contribution in [-0.2, 0) is 19.4 Å². The molecule has 0 aliphatic carbocycles. The van der Waals surface area contributed by atoms with E-state index in [0.29, 0.717) is 13.2 Å². The third-order valence-corrected chi connectivity index (χ3v) is 3.48. The molecule has 2 atom stereocenters. The highest BCUT2D eigenvalue weighted by Gasteiger charge is 2.19. The van der Waals surface area contributed by atoms with Crippen LogP contribution >= 0.6 is 0 Å². The molecule has 2 N–H and O–H groups in total. The Balaban J connectivity index is 2.28. The molecule has 0 saturated carbocycles. The van der Waals surface area contributed by atoms with E-state index in [1.807, 2.05) is 0 Å².